The van der Waals surface area contributed by atoms with Crippen molar-refractivity contribution in [2.45, 2.75) is 24.4 Å². The van der Waals surface area contributed by atoms with E-state index >= 15 is 0 Å². The van der Waals surface area contributed by atoms with Crippen molar-refractivity contribution in [3.05, 3.63) is 28.4 Å². The molecule has 4 unspecified atom stereocenters. The summed E-state index contributed by atoms with van der Waals surface area (Å²) in [6.07, 6.45) is -3.37. The predicted octanol–water partition coefficient (Wildman–Crippen LogP) is -0.0195. The van der Waals surface area contributed by atoms with Crippen LogP contribution in [0.5, 0.6) is 0 Å². The Balaban J connectivity index is 2.08. The van der Waals surface area contributed by atoms with E-state index in [2.05, 4.69) is 15.0 Å². The molecule has 1 saturated heterocycles. The van der Waals surface area contributed by atoms with Crippen LogP contribution in [-0.2, 0) is 4.74 Å². The summed E-state index contributed by atoms with van der Waals surface area (Å²) in [7, 11) is 0. The zero-order chi connectivity index (χ0) is 15.1. The smallest absolute Gasteiger partial charge is 0.232 e. The molecule has 0 amide bonds. The van der Waals surface area contributed by atoms with E-state index < -0.39 is 37.0 Å². The number of aliphatic hydroxyl groups is 3. The Bertz CT molecular complexity index is 740. The second-order valence-corrected chi connectivity index (χ2v) is 5.15. The van der Waals surface area contributed by atoms with Crippen LogP contribution in [0.25, 0.3) is 11.2 Å². The summed E-state index contributed by atoms with van der Waals surface area (Å²) in [6, 6.07) is 1.45. The van der Waals surface area contributed by atoms with Gasteiger partial charge >= 0.3 is 0 Å². The second-order valence-electron chi connectivity index (χ2n) is 4.74. The fraction of sp³-hybridized carbons (Fsp3) is 0.417. The fourth-order valence-corrected chi connectivity index (χ4v) is 2.61. The van der Waals surface area contributed by atoms with Gasteiger partial charge in [-0.3, -0.25) is 0 Å². The van der Waals surface area contributed by atoms with Gasteiger partial charge in [0, 0.05) is 5.56 Å². The van der Waals surface area contributed by atoms with Crippen molar-refractivity contribution in [2.24, 2.45) is 0 Å². The molecule has 9 heteroatoms. The van der Waals surface area contributed by atoms with Gasteiger partial charge in [-0.2, -0.15) is 4.39 Å². The Kier molecular flexibility index (Phi) is 3.68. The van der Waals surface area contributed by atoms with Gasteiger partial charge in [0.05, 0.1) is 12.8 Å². The van der Waals surface area contributed by atoms with Crippen LogP contribution in [0.2, 0.25) is 0 Å². The Labute approximate surface area is 123 Å². The highest BCUT2D eigenvalue weighted by Crippen LogP contribution is 2.34. The molecular weight excluding hydrogens is 301 g/mol. The van der Waals surface area contributed by atoms with Gasteiger partial charge in [0.25, 0.3) is 0 Å². The molecule has 0 radical (unpaired) electrons. The van der Waals surface area contributed by atoms with Gasteiger partial charge in [-0.15, -0.1) is 0 Å². The lowest BCUT2D eigenvalue weighted by atomic mass is 10.0. The van der Waals surface area contributed by atoms with Crippen molar-refractivity contribution < 1.29 is 24.4 Å². The lowest BCUT2D eigenvalue weighted by Crippen LogP contribution is -2.32. The van der Waals surface area contributed by atoms with E-state index in [0.717, 1.165) is 6.20 Å². The van der Waals surface area contributed by atoms with Crippen LogP contribution in [0.4, 0.5) is 4.39 Å². The molecule has 0 bridgehead atoms. The SMILES string of the molecule is OCC1OC(c2cc3nc(F)cnc3[nH]c2=S)C(O)C1O. The summed E-state index contributed by atoms with van der Waals surface area (Å²) in [5.74, 6) is -0.750. The van der Waals surface area contributed by atoms with Crippen molar-refractivity contribution in [2.75, 3.05) is 6.61 Å². The molecule has 1 fully saturated rings. The molecule has 4 N–H and O–H groups in total. The summed E-state index contributed by atoms with van der Waals surface area (Å²) < 4.78 is 18.8. The molecule has 21 heavy (non-hydrogen) atoms. The topological polar surface area (TPSA) is 111 Å². The number of pyridine rings is 1. The lowest BCUT2D eigenvalue weighted by molar-refractivity contribution is -0.0229. The zero-order valence-electron chi connectivity index (χ0n) is 10.6. The molecule has 3 rings (SSSR count). The third-order valence-electron chi connectivity index (χ3n) is 3.41. The molecule has 1 aliphatic heterocycles. The molecule has 0 spiro atoms. The highest BCUT2D eigenvalue weighted by molar-refractivity contribution is 7.71. The minimum absolute atomic E-state index is 0.219. The first-order chi connectivity index (χ1) is 10.0. The molecule has 2 aromatic heterocycles. The number of halogens is 1. The zero-order valence-corrected chi connectivity index (χ0v) is 11.4. The van der Waals surface area contributed by atoms with Crippen molar-refractivity contribution >= 4 is 23.4 Å². The van der Waals surface area contributed by atoms with Gasteiger partial charge in [0.1, 0.15) is 34.6 Å². The standard InChI is InChI=1S/C12H12FN3O4S/c13-7-2-14-11-5(15-7)1-4(12(21)16-11)10-9(19)8(18)6(3-17)20-10/h1-2,6,8-10,17-19H,3H2,(H,14,16,21). The first-order valence-corrected chi connectivity index (χ1v) is 6.60. The van der Waals surface area contributed by atoms with E-state index in [-0.39, 0.29) is 10.2 Å². The van der Waals surface area contributed by atoms with E-state index in [0.29, 0.717) is 11.2 Å². The number of rotatable bonds is 2. The molecule has 1 aliphatic rings. The number of nitrogens with one attached hydrogen (secondary N) is 1. The van der Waals surface area contributed by atoms with Gasteiger partial charge < -0.3 is 25.0 Å². The molecule has 112 valence electrons. The molecule has 0 aromatic carbocycles. The van der Waals surface area contributed by atoms with Gasteiger partial charge in [-0.1, -0.05) is 12.2 Å². The summed E-state index contributed by atoms with van der Waals surface area (Å²) in [5, 5.41) is 28.9. The molecule has 2 aromatic rings. The van der Waals surface area contributed by atoms with Gasteiger partial charge in [-0.05, 0) is 6.07 Å². The molecular formula is C12H12FN3O4S. The number of aromatic amines is 1. The van der Waals surface area contributed by atoms with Gasteiger partial charge in [-0.25, -0.2) is 9.97 Å². The van der Waals surface area contributed by atoms with Crippen molar-refractivity contribution in [1.82, 2.24) is 15.0 Å². The van der Waals surface area contributed by atoms with Crippen LogP contribution in [-0.4, -0.2) is 55.2 Å². The van der Waals surface area contributed by atoms with Crippen molar-refractivity contribution in [3.8, 4) is 0 Å². The third kappa shape index (κ3) is 2.43. The number of fused-ring (bicyclic) bond motifs is 1. The maximum Gasteiger partial charge on any atom is 0.232 e. The van der Waals surface area contributed by atoms with Crippen LogP contribution < -0.4 is 0 Å². The summed E-state index contributed by atoms with van der Waals surface area (Å²) in [4.78, 5) is 10.3. The number of aromatic nitrogens is 3. The summed E-state index contributed by atoms with van der Waals surface area (Å²) >= 11 is 5.16. The number of hydrogen-bond acceptors (Lipinski definition) is 7. The van der Waals surface area contributed by atoms with Crippen LogP contribution in [0, 0.1) is 10.6 Å². The number of ether oxygens (including phenoxy) is 1. The molecule has 3 heterocycles. The third-order valence-corrected chi connectivity index (χ3v) is 3.74. The maximum atomic E-state index is 13.1. The summed E-state index contributed by atoms with van der Waals surface area (Å²) in [6.45, 7) is -0.437. The quantitative estimate of drug-likeness (QED) is 0.577. The molecule has 7 nitrogen and oxygen atoms in total. The maximum absolute atomic E-state index is 13.1. The van der Waals surface area contributed by atoms with E-state index in [1.807, 2.05) is 0 Å². The first-order valence-electron chi connectivity index (χ1n) is 6.19. The van der Waals surface area contributed by atoms with E-state index in [4.69, 9.17) is 22.1 Å². The van der Waals surface area contributed by atoms with E-state index in [1.165, 1.54) is 6.07 Å². The average molecular weight is 313 g/mol. The molecule has 4 atom stereocenters. The minimum atomic E-state index is -1.25. The largest absolute Gasteiger partial charge is 0.394 e. The Morgan fingerprint density at radius 1 is 1.38 bits per heavy atom. The highest BCUT2D eigenvalue weighted by Gasteiger charge is 2.43. The van der Waals surface area contributed by atoms with Crippen LogP contribution in [0.3, 0.4) is 0 Å². The summed E-state index contributed by atoms with van der Waals surface area (Å²) in [5.41, 5.74) is 0.869. The average Bonchev–Trinajstić information content (AvgIpc) is 2.75. The Morgan fingerprint density at radius 3 is 2.81 bits per heavy atom. The molecule has 0 aliphatic carbocycles. The number of H-pyrrole nitrogens is 1. The van der Waals surface area contributed by atoms with E-state index in [1.54, 1.807) is 0 Å². The van der Waals surface area contributed by atoms with Crippen LogP contribution in [0.15, 0.2) is 12.3 Å². The van der Waals surface area contributed by atoms with Gasteiger partial charge in [0.15, 0.2) is 5.65 Å². The Hall–Kier alpha value is -1.52. The van der Waals surface area contributed by atoms with Crippen LogP contribution >= 0.6 is 12.2 Å². The van der Waals surface area contributed by atoms with Gasteiger partial charge in [0.2, 0.25) is 5.95 Å². The van der Waals surface area contributed by atoms with Crippen molar-refractivity contribution in [1.29, 1.82) is 0 Å². The highest BCUT2D eigenvalue weighted by atomic mass is 32.1. The number of hydrogen-bond donors (Lipinski definition) is 4. The monoisotopic (exact) mass is 313 g/mol. The number of nitrogens with zero attached hydrogens (tertiary/aromatic N) is 2. The van der Waals surface area contributed by atoms with Crippen LogP contribution in [0.1, 0.15) is 11.7 Å². The fourth-order valence-electron chi connectivity index (χ4n) is 2.34. The molecule has 0 saturated carbocycles. The predicted molar refractivity (Wildman–Crippen MR) is 71.4 cm³/mol. The number of aliphatic hydroxyl groups excluding tert-OH is 3. The normalized spacial score (nSPS) is 29.1. The lowest BCUT2D eigenvalue weighted by Gasteiger charge is -2.15. The minimum Gasteiger partial charge on any atom is -0.394 e. The van der Waals surface area contributed by atoms with Crippen molar-refractivity contribution in [3.63, 3.8) is 0 Å². The van der Waals surface area contributed by atoms with E-state index in [9.17, 15) is 14.6 Å². The second kappa shape index (κ2) is 5.35. The Morgan fingerprint density at radius 2 is 2.14 bits per heavy atom. The first kappa shape index (κ1) is 14.4.